The Bertz CT molecular complexity index is 175. The van der Waals surface area contributed by atoms with E-state index < -0.39 is 0 Å². The molecule has 4 heteroatoms. The van der Waals surface area contributed by atoms with Crippen LogP contribution in [0.1, 0.15) is 0 Å². The van der Waals surface area contributed by atoms with Crippen LogP contribution in [0.3, 0.4) is 0 Å². The molecule has 68 valence electrons. The zero-order chi connectivity index (χ0) is 8.39. The Morgan fingerprint density at radius 3 is 2.67 bits per heavy atom. The zero-order valence-electron chi connectivity index (χ0n) is 7.44. The first kappa shape index (κ1) is 8.01. The van der Waals surface area contributed by atoms with Gasteiger partial charge in [-0.2, -0.15) is 0 Å². The number of ether oxygens (including phenoxy) is 1. The van der Waals surface area contributed by atoms with Crippen LogP contribution in [0.4, 0.5) is 0 Å². The monoisotopic (exact) mass is 169 g/mol. The van der Waals surface area contributed by atoms with Crippen LogP contribution in [-0.2, 0) is 4.74 Å². The van der Waals surface area contributed by atoms with E-state index in [1.165, 1.54) is 0 Å². The van der Waals surface area contributed by atoms with Crippen molar-refractivity contribution in [1.82, 2.24) is 9.80 Å². The fraction of sp³-hybridized carbons (Fsp3) is 0.875. The second kappa shape index (κ2) is 3.41. The first-order valence-corrected chi connectivity index (χ1v) is 4.42. The highest BCUT2D eigenvalue weighted by Crippen LogP contribution is 2.09. The van der Waals surface area contributed by atoms with Gasteiger partial charge in [0.15, 0.2) is 6.40 Å². The molecule has 0 N–H and O–H groups in total. The molecule has 2 aliphatic heterocycles. The summed E-state index contributed by atoms with van der Waals surface area (Å²) in [5.41, 5.74) is 0. The number of piperazine rings is 1. The molecule has 2 heterocycles. The molecule has 2 aliphatic rings. The Labute approximate surface area is 72.8 Å². The second-order valence-corrected chi connectivity index (χ2v) is 3.41. The summed E-state index contributed by atoms with van der Waals surface area (Å²) in [4.78, 5) is 8.97. The fourth-order valence-electron chi connectivity index (χ4n) is 1.61. The maximum absolute atomic E-state index is 5.09. The summed E-state index contributed by atoms with van der Waals surface area (Å²) < 4.78 is 5.09. The van der Waals surface area contributed by atoms with E-state index in [-0.39, 0.29) is 0 Å². The van der Waals surface area contributed by atoms with Crippen LogP contribution in [0.25, 0.3) is 0 Å². The number of hydrogen-bond acceptors (Lipinski definition) is 4. The fourth-order valence-corrected chi connectivity index (χ4v) is 1.61. The van der Waals surface area contributed by atoms with E-state index in [1.807, 2.05) is 0 Å². The van der Waals surface area contributed by atoms with Gasteiger partial charge >= 0.3 is 0 Å². The van der Waals surface area contributed by atoms with Gasteiger partial charge in [-0.3, -0.25) is 4.90 Å². The second-order valence-electron chi connectivity index (χ2n) is 3.41. The number of rotatable bonds is 1. The maximum Gasteiger partial charge on any atom is 0.171 e. The highest BCUT2D eigenvalue weighted by molar-refractivity contribution is 5.48. The van der Waals surface area contributed by atoms with Crippen LogP contribution in [0.15, 0.2) is 4.99 Å². The molecule has 1 atom stereocenters. The standard InChI is InChI=1S/C8H15N3O/c1-10-2-4-11(5-3-10)8-6-12-7-9-8/h7-8H,2-6H2,1H3. The number of aliphatic imine (C=N–C) groups is 1. The minimum absolute atomic E-state index is 0.290. The van der Waals surface area contributed by atoms with Gasteiger partial charge < -0.3 is 9.64 Å². The van der Waals surface area contributed by atoms with Crippen molar-refractivity contribution in [2.45, 2.75) is 6.17 Å². The summed E-state index contributed by atoms with van der Waals surface area (Å²) in [5, 5.41) is 0. The maximum atomic E-state index is 5.09. The van der Waals surface area contributed by atoms with Crippen LogP contribution in [-0.4, -0.2) is 62.2 Å². The van der Waals surface area contributed by atoms with Gasteiger partial charge in [0, 0.05) is 26.2 Å². The lowest BCUT2D eigenvalue weighted by atomic mass is 10.3. The lowest BCUT2D eigenvalue weighted by molar-refractivity contribution is 0.0987. The third-order valence-electron chi connectivity index (χ3n) is 2.51. The van der Waals surface area contributed by atoms with Gasteiger partial charge in [0.1, 0.15) is 12.8 Å². The van der Waals surface area contributed by atoms with Crippen molar-refractivity contribution < 1.29 is 4.74 Å². The van der Waals surface area contributed by atoms with Gasteiger partial charge in [-0.1, -0.05) is 0 Å². The SMILES string of the molecule is CN1CCN(C2COC=N2)CC1. The molecular formula is C8H15N3O. The topological polar surface area (TPSA) is 28.1 Å². The summed E-state index contributed by atoms with van der Waals surface area (Å²) >= 11 is 0. The summed E-state index contributed by atoms with van der Waals surface area (Å²) in [6, 6.07) is 0. The smallest absolute Gasteiger partial charge is 0.171 e. The highest BCUT2D eigenvalue weighted by atomic mass is 16.5. The van der Waals surface area contributed by atoms with Crippen molar-refractivity contribution in [2.24, 2.45) is 4.99 Å². The highest BCUT2D eigenvalue weighted by Gasteiger charge is 2.23. The number of nitrogens with zero attached hydrogens (tertiary/aromatic N) is 3. The van der Waals surface area contributed by atoms with E-state index in [0.717, 1.165) is 32.8 Å². The third-order valence-corrected chi connectivity index (χ3v) is 2.51. The summed E-state index contributed by atoms with van der Waals surface area (Å²) in [6.07, 6.45) is 1.86. The third kappa shape index (κ3) is 1.59. The molecule has 0 amide bonds. The minimum atomic E-state index is 0.290. The van der Waals surface area contributed by atoms with Crippen molar-refractivity contribution >= 4 is 6.40 Å². The van der Waals surface area contributed by atoms with E-state index in [9.17, 15) is 0 Å². The van der Waals surface area contributed by atoms with Crippen molar-refractivity contribution in [3.63, 3.8) is 0 Å². The van der Waals surface area contributed by atoms with Crippen molar-refractivity contribution in [1.29, 1.82) is 0 Å². The van der Waals surface area contributed by atoms with Crippen molar-refractivity contribution in [3.05, 3.63) is 0 Å². The Morgan fingerprint density at radius 2 is 2.08 bits per heavy atom. The molecular weight excluding hydrogens is 154 g/mol. The van der Waals surface area contributed by atoms with E-state index in [2.05, 4.69) is 21.8 Å². The molecule has 0 aromatic carbocycles. The van der Waals surface area contributed by atoms with Crippen LogP contribution >= 0.6 is 0 Å². The summed E-state index contributed by atoms with van der Waals surface area (Å²) in [7, 11) is 2.16. The largest absolute Gasteiger partial charge is 0.480 e. The van der Waals surface area contributed by atoms with Crippen LogP contribution in [0, 0.1) is 0 Å². The Hall–Kier alpha value is -0.610. The Balaban J connectivity index is 1.84. The molecule has 12 heavy (non-hydrogen) atoms. The van der Waals surface area contributed by atoms with Gasteiger partial charge in [0.05, 0.1) is 0 Å². The zero-order valence-corrected chi connectivity index (χ0v) is 7.44. The number of likely N-dealkylation sites (N-methyl/N-ethyl adjacent to an activating group) is 1. The molecule has 2 rings (SSSR count). The molecule has 0 bridgehead atoms. The van der Waals surface area contributed by atoms with Crippen molar-refractivity contribution in [3.8, 4) is 0 Å². The minimum Gasteiger partial charge on any atom is -0.480 e. The molecule has 0 radical (unpaired) electrons. The molecule has 0 saturated carbocycles. The predicted octanol–water partition coefficient (Wildman–Crippen LogP) is -0.382. The van der Waals surface area contributed by atoms with E-state index in [4.69, 9.17) is 4.74 Å². The van der Waals surface area contributed by atoms with Gasteiger partial charge in [-0.25, -0.2) is 4.99 Å². The number of hydrogen-bond donors (Lipinski definition) is 0. The Kier molecular flexibility index (Phi) is 2.28. The first-order valence-electron chi connectivity index (χ1n) is 4.42. The predicted molar refractivity (Wildman–Crippen MR) is 47.3 cm³/mol. The molecule has 1 fully saturated rings. The quantitative estimate of drug-likeness (QED) is 0.535. The van der Waals surface area contributed by atoms with E-state index in [0.29, 0.717) is 6.17 Å². The molecule has 0 spiro atoms. The molecule has 0 aromatic rings. The van der Waals surface area contributed by atoms with E-state index in [1.54, 1.807) is 6.40 Å². The van der Waals surface area contributed by atoms with Crippen LogP contribution < -0.4 is 0 Å². The molecule has 0 aromatic heterocycles. The molecule has 1 saturated heterocycles. The summed E-state index contributed by atoms with van der Waals surface area (Å²) in [5.74, 6) is 0. The van der Waals surface area contributed by atoms with Gasteiger partial charge in [-0.05, 0) is 7.05 Å². The molecule has 1 unspecified atom stereocenters. The first-order chi connectivity index (χ1) is 5.86. The average Bonchev–Trinajstić information content (AvgIpc) is 2.58. The van der Waals surface area contributed by atoms with Gasteiger partial charge in [0.2, 0.25) is 0 Å². The van der Waals surface area contributed by atoms with Crippen LogP contribution in [0.2, 0.25) is 0 Å². The van der Waals surface area contributed by atoms with Crippen LogP contribution in [0.5, 0.6) is 0 Å². The van der Waals surface area contributed by atoms with Gasteiger partial charge in [-0.15, -0.1) is 0 Å². The van der Waals surface area contributed by atoms with Crippen molar-refractivity contribution in [2.75, 3.05) is 39.8 Å². The van der Waals surface area contributed by atoms with E-state index >= 15 is 0 Å². The lowest BCUT2D eigenvalue weighted by Gasteiger charge is -2.34. The normalized spacial score (nSPS) is 32.2. The molecule has 0 aliphatic carbocycles. The Morgan fingerprint density at radius 1 is 1.33 bits per heavy atom. The average molecular weight is 169 g/mol. The molecule has 4 nitrogen and oxygen atoms in total. The lowest BCUT2D eigenvalue weighted by Crippen LogP contribution is -2.48. The van der Waals surface area contributed by atoms with Gasteiger partial charge in [0.25, 0.3) is 0 Å². The summed E-state index contributed by atoms with van der Waals surface area (Å²) in [6.45, 7) is 5.26.